The van der Waals surface area contributed by atoms with E-state index in [2.05, 4.69) is 5.32 Å². The molecule has 3 aromatic rings. The summed E-state index contributed by atoms with van der Waals surface area (Å²) in [5.74, 6) is -1.45. The van der Waals surface area contributed by atoms with Crippen molar-refractivity contribution in [2.45, 2.75) is 6.54 Å². The van der Waals surface area contributed by atoms with Gasteiger partial charge in [0.25, 0.3) is 0 Å². The summed E-state index contributed by atoms with van der Waals surface area (Å²) in [5.41, 5.74) is 2.30. The van der Waals surface area contributed by atoms with E-state index in [1.165, 1.54) is 7.11 Å². The van der Waals surface area contributed by atoms with Crippen molar-refractivity contribution in [2.24, 2.45) is 0 Å². The topological polar surface area (TPSA) is 92.8 Å². The largest absolute Gasteiger partial charge is 0.468 e. The van der Waals surface area contributed by atoms with Gasteiger partial charge in [0.05, 0.1) is 31.5 Å². The highest BCUT2D eigenvalue weighted by Crippen LogP contribution is 2.31. The monoisotopic (exact) mass is 442 g/mol. The van der Waals surface area contributed by atoms with Crippen LogP contribution in [0, 0.1) is 0 Å². The van der Waals surface area contributed by atoms with Crippen molar-refractivity contribution >= 4 is 29.1 Å². The lowest BCUT2D eigenvalue weighted by Gasteiger charge is -2.23. The van der Waals surface area contributed by atoms with Gasteiger partial charge >= 0.3 is 5.97 Å². The van der Waals surface area contributed by atoms with Crippen LogP contribution in [0.3, 0.4) is 0 Å². The van der Waals surface area contributed by atoms with Crippen LogP contribution < -0.4 is 5.32 Å². The van der Waals surface area contributed by atoms with Gasteiger partial charge in [0.15, 0.2) is 11.6 Å². The number of rotatable bonds is 7. The molecule has 3 aromatic carbocycles. The van der Waals surface area contributed by atoms with E-state index in [1.54, 1.807) is 47.4 Å². The highest BCUT2D eigenvalue weighted by molar-refractivity contribution is 6.30. The molecule has 0 radical (unpaired) electrons. The second-order valence-electron chi connectivity index (χ2n) is 7.69. The molecule has 0 unspecified atom stereocenters. The number of benzene rings is 3. The van der Waals surface area contributed by atoms with E-state index in [0.717, 1.165) is 5.56 Å². The number of amides is 1. The number of esters is 1. The van der Waals surface area contributed by atoms with Gasteiger partial charge in [0.1, 0.15) is 0 Å². The molecule has 0 aliphatic heterocycles. The number of hydrogen-bond donors (Lipinski definition) is 1. The average Bonchev–Trinajstić information content (AvgIpc) is 2.83. The molecule has 1 N–H and O–H groups in total. The second kappa shape index (κ2) is 9.58. The zero-order chi connectivity index (χ0) is 23.4. The maximum atomic E-state index is 13.1. The summed E-state index contributed by atoms with van der Waals surface area (Å²) in [4.78, 5) is 52.4. The maximum Gasteiger partial charge on any atom is 0.319 e. The number of anilines is 1. The van der Waals surface area contributed by atoms with Gasteiger partial charge in [-0.1, -0.05) is 66.7 Å². The first-order chi connectivity index (χ1) is 16.0. The minimum absolute atomic E-state index is 0.0729. The molecule has 1 aliphatic carbocycles. The molecular formula is C26H22N2O5. The lowest BCUT2D eigenvalue weighted by molar-refractivity contribution is -0.142. The summed E-state index contributed by atoms with van der Waals surface area (Å²) in [6, 6.07) is 20.9. The Morgan fingerprint density at radius 2 is 1.42 bits per heavy atom. The molecule has 1 amide bonds. The molecule has 0 spiro atoms. The zero-order valence-electron chi connectivity index (χ0n) is 18.0. The molecule has 1 aliphatic rings. The second-order valence-corrected chi connectivity index (χ2v) is 7.69. The van der Waals surface area contributed by atoms with Gasteiger partial charge in [-0.05, 0) is 11.6 Å². The Morgan fingerprint density at radius 1 is 0.788 bits per heavy atom. The number of hydrogen-bond acceptors (Lipinski definition) is 6. The van der Waals surface area contributed by atoms with Gasteiger partial charge in [-0.2, -0.15) is 0 Å². The SMILES string of the molecule is COC(=O)CN(CC(=O)Nc1cccc2c1C(=O)c1ccccc1C2=O)Cc1ccccc1. The Kier molecular flexibility index (Phi) is 6.42. The van der Waals surface area contributed by atoms with E-state index in [-0.39, 0.29) is 41.5 Å². The van der Waals surface area contributed by atoms with Gasteiger partial charge in [0, 0.05) is 23.2 Å². The van der Waals surface area contributed by atoms with Crippen molar-refractivity contribution in [1.82, 2.24) is 4.90 Å². The molecule has 0 heterocycles. The van der Waals surface area contributed by atoms with Gasteiger partial charge in [-0.3, -0.25) is 24.1 Å². The number of nitrogens with zero attached hydrogens (tertiary/aromatic N) is 1. The van der Waals surface area contributed by atoms with Crippen LogP contribution in [0.25, 0.3) is 0 Å². The number of nitrogens with one attached hydrogen (secondary N) is 1. The van der Waals surface area contributed by atoms with E-state index in [1.807, 2.05) is 30.3 Å². The number of fused-ring (bicyclic) bond motifs is 2. The Bertz CT molecular complexity index is 1240. The maximum absolute atomic E-state index is 13.1. The van der Waals surface area contributed by atoms with Crippen molar-refractivity contribution in [3.8, 4) is 0 Å². The molecule has 0 aromatic heterocycles. The molecule has 33 heavy (non-hydrogen) atoms. The third kappa shape index (κ3) is 4.73. The van der Waals surface area contributed by atoms with Crippen molar-refractivity contribution in [3.05, 3.63) is 101 Å². The fourth-order valence-corrected chi connectivity index (χ4v) is 3.90. The normalized spacial score (nSPS) is 12.2. The van der Waals surface area contributed by atoms with Crippen LogP contribution in [0.15, 0.2) is 72.8 Å². The molecule has 7 heteroatoms. The molecule has 4 rings (SSSR count). The molecule has 0 bridgehead atoms. The van der Waals surface area contributed by atoms with Gasteiger partial charge in [0.2, 0.25) is 5.91 Å². The molecule has 0 saturated carbocycles. The van der Waals surface area contributed by atoms with Crippen molar-refractivity contribution in [2.75, 3.05) is 25.5 Å². The number of ketones is 2. The summed E-state index contributed by atoms with van der Waals surface area (Å²) in [6.45, 7) is 0.184. The van der Waals surface area contributed by atoms with E-state index in [4.69, 9.17) is 4.74 Å². The quantitative estimate of drug-likeness (QED) is 0.442. The Morgan fingerprint density at radius 3 is 2.12 bits per heavy atom. The Labute approximate surface area is 191 Å². The standard InChI is InChI=1S/C26H22N2O5/c1-33-23(30)16-28(14-17-8-3-2-4-9-17)15-22(29)27-21-13-7-12-20-24(21)26(32)19-11-6-5-10-18(19)25(20)31/h2-13H,14-16H2,1H3,(H,27,29). The third-order valence-electron chi connectivity index (χ3n) is 5.42. The van der Waals surface area contributed by atoms with Crippen molar-refractivity contribution in [3.63, 3.8) is 0 Å². The third-order valence-corrected chi connectivity index (χ3v) is 5.42. The highest BCUT2D eigenvalue weighted by Gasteiger charge is 2.31. The Balaban J connectivity index is 1.56. The summed E-state index contributed by atoms with van der Waals surface area (Å²) >= 11 is 0. The number of carbonyl (C=O) groups excluding carboxylic acids is 4. The first-order valence-corrected chi connectivity index (χ1v) is 10.4. The highest BCUT2D eigenvalue weighted by atomic mass is 16.5. The van der Waals surface area contributed by atoms with Crippen molar-refractivity contribution in [1.29, 1.82) is 0 Å². The summed E-state index contributed by atoms with van der Waals surface area (Å²) in [7, 11) is 1.29. The lowest BCUT2D eigenvalue weighted by Crippen LogP contribution is -2.37. The van der Waals surface area contributed by atoms with Crippen LogP contribution in [0.4, 0.5) is 5.69 Å². The summed E-state index contributed by atoms with van der Waals surface area (Å²) in [5, 5.41) is 2.75. The van der Waals surface area contributed by atoms with Crippen LogP contribution in [-0.4, -0.2) is 48.5 Å². The first kappa shape index (κ1) is 22.1. The van der Waals surface area contributed by atoms with Crippen molar-refractivity contribution < 1.29 is 23.9 Å². The van der Waals surface area contributed by atoms with Crippen LogP contribution >= 0.6 is 0 Å². The van der Waals surface area contributed by atoms with Crippen LogP contribution in [0.1, 0.15) is 37.4 Å². The lowest BCUT2D eigenvalue weighted by atomic mass is 9.83. The predicted octanol–water partition coefficient (Wildman–Crippen LogP) is 3.08. The molecule has 7 nitrogen and oxygen atoms in total. The smallest absolute Gasteiger partial charge is 0.319 e. The van der Waals surface area contributed by atoms with E-state index < -0.39 is 11.9 Å². The van der Waals surface area contributed by atoms with Gasteiger partial charge in [-0.15, -0.1) is 0 Å². The van der Waals surface area contributed by atoms with Gasteiger partial charge < -0.3 is 10.1 Å². The zero-order valence-corrected chi connectivity index (χ0v) is 18.0. The first-order valence-electron chi connectivity index (χ1n) is 10.4. The molecule has 166 valence electrons. The number of methoxy groups -OCH3 is 1. The average molecular weight is 442 g/mol. The minimum Gasteiger partial charge on any atom is -0.468 e. The molecule has 0 saturated heterocycles. The van der Waals surface area contributed by atoms with E-state index in [9.17, 15) is 19.2 Å². The molecule has 0 atom stereocenters. The van der Waals surface area contributed by atoms with Crippen LogP contribution in [0.5, 0.6) is 0 Å². The van der Waals surface area contributed by atoms with E-state index in [0.29, 0.717) is 17.7 Å². The fourth-order valence-electron chi connectivity index (χ4n) is 3.90. The van der Waals surface area contributed by atoms with Gasteiger partial charge in [-0.25, -0.2) is 0 Å². The fraction of sp³-hybridized carbons (Fsp3) is 0.154. The van der Waals surface area contributed by atoms with Crippen LogP contribution in [-0.2, 0) is 20.9 Å². The van der Waals surface area contributed by atoms with Crippen LogP contribution in [0.2, 0.25) is 0 Å². The molecular weight excluding hydrogens is 420 g/mol. The van der Waals surface area contributed by atoms with E-state index >= 15 is 0 Å². The summed E-state index contributed by atoms with van der Waals surface area (Å²) in [6.07, 6.45) is 0. The Hall–Kier alpha value is -4.10. The number of carbonyl (C=O) groups is 4. The minimum atomic E-state index is -0.465. The number of ether oxygens (including phenoxy) is 1. The predicted molar refractivity (Wildman–Crippen MR) is 122 cm³/mol. The molecule has 0 fully saturated rings. The summed E-state index contributed by atoms with van der Waals surface area (Å²) < 4.78 is 4.76.